The van der Waals surface area contributed by atoms with E-state index >= 15 is 0 Å². The van der Waals surface area contributed by atoms with Crippen molar-refractivity contribution in [2.75, 3.05) is 0 Å². The number of hydrogen-bond donors (Lipinski definition) is 0. The summed E-state index contributed by atoms with van der Waals surface area (Å²) in [5.74, 6) is 0.669. The van der Waals surface area contributed by atoms with Gasteiger partial charge in [-0.05, 0) is 48.8 Å². The molecule has 1 aliphatic heterocycles. The first-order chi connectivity index (χ1) is 13.5. The number of rotatable bonds is 4. The first-order valence-corrected chi connectivity index (χ1v) is 11.9. The van der Waals surface area contributed by atoms with Gasteiger partial charge >= 0.3 is 0 Å². The van der Waals surface area contributed by atoms with Gasteiger partial charge in [-0.3, -0.25) is 0 Å². The Kier molecular flexibility index (Phi) is 6.69. The molecule has 1 heterocycles. The summed E-state index contributed by atoms with van der Waals surface area (Å²) in [5.41, 5.74) is 2.73. The number of carbonyl (C=O) groups is 2. The van der Waals surface area contributed by atoms with Crippen LogP contribution in [0.4, 0.5) is 0 Å². The summed E-state index contributed by atoms with van der Waals surface area (Å²) in [6, 6.07) is 5.68. The standard InChI is InChI=1S/C21H18Br4O4/c1-19(2)9-13-3-4-16(21(24,25)12-27)8-18(13)29-17-6-5-15(20(22,23)11-26)7-14(17)10-28-19/h3-8,10-12,17H,9H2,1-2H3/b14-10-/t17-/m1/s1. The van der Waals surface area contributed by atoms with Crippen molar-refractivity contribution in [2.45, 2.75) is 38.4 Å². The SMILES string of the molecule is CC1(C)Cc2ccc(C(Br)(Br)C=O)cc2O[C@@H]2C=CC(C(Br)(Br)C=O)=C/C2=C/O1. The van der Waals surface area contributed by atoms with Gasteiger partial charge < -0.3 is 19.1 Å². The summed E-state index contributed by atoms with van der Waals surface area (Å²) in [6.45, 7) is 4.00. The Morgan fingerprint density at radius 1 is 1.10 bits per heavy atom. The van der Waals surface area contributed by atoms with Gasteiger partial charge in [0.1, 0.15) is 17.5 Å². The highest BCUT2D eigenvalue weighted by Gasteiger charge is 2.33. The zero-order valence-electron chi connectivity index (χ0n) is 15.6. The van der Waals surface area contributed by atoms with Gasteiger partial charge in [0.25, 0.3) is 0 Å². The highest BCUT2D eigenvalue weighted by molar-refractivity contribution is 9.26. The van der Waals surface area contributed by atoms with Crippen LogP contribution in [0.1, 0.15) is 25.0 Å². The second kappa shape index (κ2) is 8.44. The topological polar surface area (TPSA) is 52.6 Å². The van der Waals surface area contributed by atoms with E-state index in [0.717, 1.165) is 34.8 Å². The molecular formula is C21H18Br4O4. The van der Waals surface area contributed by atoms with Gasteiger partial charge in [-0.25, -0.2) is 0 Å². The third-order valence-electron chi connectivity index (χ3n) is 4.62. The highest BCUT2D eigenvalue weighted by atomic mass is 79.9. The number of halogens is 4. The quantitative estimate of drug-likeness (QED) is 0.296. The minimum absolute atomic E-state index is 0.402. The maximum absolute atomic E-state index is 11.4. The van der Waals surface area contributed by atoms with E-state index < -0.39 is 18.2 Å². The van der Waals surface area contributed by atoms with Crippen LogP contribution in [0.15, 0.2) is 53.8 Å². The molecule has 2 aliphatic rings. The predicted molar refractivity (Wildman–Crippen MR) is 127 cm³/mol. The van der Waals surface area contributed by atoms with Crippen molar-refractivity contribution >= 4 is 76.3 Å². The fourth-order valence-corrected chi connectivity index (χ4v) is 4.03. The molecule has 1 aliphatic carbocycles. The molecule has 0 saturated heterocycles. The maximum Gasteiger partial charge on any atom is 0.160 e. The molecule has 0 bridgehead atoms. The second-order valence-corrected chi connectivity index (χ2v) is 14.6. The van der Waals surface area contributed by atoms with E-state index in [4.69, 9.17) is 9.47 Å². The van der Waals surface area contributed by atoms with Gasteiger partial charge in [0.05, 0.1) is 6.26 Å². The Balaban J connectivity index is 2.07. The molecule has 0 N–H and O–H groups in total. The smallest absolute Gasteiger partial charge is 0.160 e. The Bertz CT molecular complexity index is 929. The van der Waals surface area contributed by atoms with E-state index in [1.54, 1.807) is 6.26 Å². The van der Waals surface area contributed by atoms with Crippen LogP contribution in [0.25, 0.3) is 0 Å². The maximum atomic E-state index is 11.4. The summed E-state index contributed by atoms with van der Waals surface area (Å²) < 4.78 is 10.5. The molecule has 8 heteroatoms. The van der Waals surface area contributed by atoms with Gasteiger partial charge in [-0.2, -0.15) is 0 Å². The zero-order valence-corrected chi connectivity index (χ0v) is 22.0. The van der Waals surface area contributed by atoms with Crippen molar-refractivity contribution in [3.8, 4) is 5.75 Å². The molecule has 0 amide bonds. The number of allylic oxidation sites excluding steroid dienone is 2. The van der Waals surface area contributed by atoms with Crippen molar-refractivity contribution < 1.29 is 19.1 Å². The summed E-state index contributed by atoms with van der Waals surface area (Å²) in [4.78, 5) is 22.8. The summed E-state index contributed by atoms with van der Waals surface area (Å²) in [7, 11) is 0. The summed E-state index contributed by atoms with van der Waals surface area (Å²) in [6.07, 6.45) is 9.02. The Morgan fingerprint density at radius 3 is 2.45 bits per heavy atom. The van der Waals surface area contributed by atoms with Crippen LogP contribution in [0.3, 0.4) is 0 Å². The fourth-order valence-electron chi connectivity index (χ4n) is 3.05. The van der Waals surface area contributed by atoms with Crippen molar-refractivity contribution in [2.24, 2.45) is 0 Å². The molecule has 1 atom stereocenters. The van der Waals surface area contributed by atoms with Gasteiger partial charge in [-0.15, -0.1) is 0 Å². The molecule has 0 aromatic heterocycles. The van der Waals surface area contributed by atoms with Crippen molar-refractivity contribution in [1.82, 2.24) is 0 Å². The molecule has 1 aromatic rings. The minimum Gasteiger partial charge on any atom is -0.495 e. The average Bonchev–Trinajstić information content (AvgIpc) is 2.72. The van der Waals surface area contributed by atoms with E-state index in [-0.39, 0.29) is 0 Å². The van der Waals surface area contributed by atoms with E-state index in [1.165, 1.54) is 0 Å². The van der Waals surface area contributed by atoms with E-state index in [0.29, 0.717) is 12.2 Å². The highest BCUT2D eigenvalue weighted by Crippen LogP contribution is 2.41. The van der Waals surface area contributed by atoms with E-state index in [1.807, 2.05) is 50.3 Å². The normalized spacial score (nSPS) is 22.8. The minimum atomic E-state index is -0.980. The molecule has 0 fully saturated rings. The van der Waals surface area contributed by atoms with Crippen LogP contribution in [-0.2, 0) is 24.0 Å². The lowest BCUT2D eigenvalue weighted by molar-refractivity contribution is -0.108. The molecule has 0 radical (unpaired) electrons. The number of hydrogen-bond acceptors (Lipinski definition) is 4. The fraction of sp³-hybridized carbons (Fsp3) is 0.333. The molecule has 154 valence electrons. The van der Waals surface area contributed by atoms with Gasteiger partial charge in [0, 0.05) is 12.0 Å². The molecule has 0 spiro atoms. The van der Waals surface area contributed by atoms with Crippen LogP contribution >= 0.6 is 63.7 Å². The van der Waals surface area contributed by atoms with E-state index in [2.05, 4.69) is 63.7 Å². The largest absolute Gasteiger partial charge is 0.495 e. The molecule has 0 unspecified atom stereocenters. The number of carbonyl (C=O) groups excluding carboxylic acids is 2. The Hall–Kier alpha value is -0.700. The van der Waals surface area contributed by atoms with Gasteiger partial charge in [-0.1, -0.05) is 81.9 Å². The number of alkyl halides is 4. The summed E-state index contributed by atoms with van der Waals surface area (Å²) >= 11 is 13.5. The lowest BCUT2D eigenvalue weighted by Crippen LogP contribution is -2.25. The van der Waals surface area contributed by atoms with Gasteiger partial charge in [0.15, 0.2) is 19.0 Å². The van der Waals surface area contributed by atoms with Crippen LogP contribution in [-0.4, -0.2) is 27.5 Å². The van der Waals surface area contributed by atoms with Crippen LogP contribution < -0.4 is 4.74 Å². The Morgan fingerprint density at radius 2 is 1.79 bits per heavy atom. The summed E-state index contributed by atoms with van der Waals surface area (Å²) in [5, 5.41) is 0. The first-order valence-electron chi connectivity index (χ1n) is 8.74. The molecule has 0 saturated carbocycles. The van der Waals surface area contributed by atoms with Crippen LogP contribution in [0, 0.1) is 0 Å². The molecule has 1 aromatic carbocycles. The van der Waals surface area contributed by atoms with Crippen molar-refractivity contribution in [1.29, 1.82) is 0 Å². The molecular weight excluding hydrogens is 636 g/mol. The van der Waals surface area contributed by atoms with E-state index in [9.17, 15) is 9.59 Å². The van der Waals surface area contributed by atoms with Crippen molar-refractivity contribution in [3.63, 3.8) is 0 Å². The molecule has 4 nitrogen and oxygen atoms in total. The van der Waals surface area contributed by atoms with Crippen LogP contribution in [0.2, 0.25) is 0 Å². The third-order valence-corrected chi connectivity index (χ3v) is 7.20. The number of benzene rings is 1. The number of aldehydes is 2. The monoisotopic (exact) mass is 650 g/mol. The van der Waals surface area contributed by atoms with Crippen LogP contribution in [0.5, 0.6) is 5.75 Å². The second-order valence-electron chi connectivity index (χ2n) is 7.47. The first kappa shape index (κ1) is 23.0. The molecule has 29 heavy (non-hydrogen) atoms. The number of fused-ring (bicyclic) bond motifs is 2. The third kappa shape index (κ3) is 5.14. The van der Waals surface area contributed by atoms with Crippen molar-refractivity contribution in [3.05, 3.63) is 65.0 Å². The predicted octanol–water partition coefficient (Wildman–Crippen LogP) is 5.99. The zero-order chi connectivity index (χ0) is 21.4. The number of ether oxygens (including phenoxy) is 2. The lowest BCUT2D eigenvalue weighted by atomic mass is 9.96. The van der Waals surface area contributed by atoms with Gasteiger partial charge in [0.2, 0.25) is 0 Å². The lowest BCUT2D eigenvalue weighted by Gasteiger charge is -2.25. The average molecular weight is 654 g/mol. The molecule has 3 rings (SSSR count). The Labute approximate surface area is 203 Å².